The Hall–Kier alpha value is -3.52. The molecule has 3 amide bonds. The summed E-state index contributed by atoms with van der Waals surface area (Å²) in [7, 11) is 2.06. The van der Waals surface area contributed by atoms with Crippen LogP contribution in [0.1, 0.15) is 58.0 Å². The first-order chi connectivity index (χ1) is 17.4. The second kappa shape index (κ2) is 11.5. The number of hydrogen-bond acceptors (Lipinski definition) is 6. The maximum Gasteiger partial charge on any atom is 0.253 e. The minimum atomic E-state index is -0.489. The number of piperazine rings is 1. The molecule has 2 aromatic rings. The van der Waals surface area contributed by atoms with Gasteiger partial charge in [-0.3, -0.25) is 24.5 Å². The van der Waals surface area contributed by atoms with Crippen LogP contribution in [-0.4, -0.2) is 66.5 Å². The number of carbonyl (C=O) groups excluding carboxylic acids is 4. The molecule has 36 heavy (non-hydrogen) atoms. The van der Waals surface area contributed by atoms with Gasteiger partial charge < -0.3 is 14.5 Å². The molecule has 2 saturated heterocycles. The van der Waals surface area contributed by atoms with Gasteiger partial charge in [0, 0.05) is 61.6 Å². The number of amides is 3. The zero-order valence-electron chi connectivity index (χ0n) is 20.9. The van der Waals surface area contributed by atoms with E-state index in [0.717, 1.165) is 37.3 Å². The second-order valence-corrected chi connectivity index (χ2v) is 9.49. The van der Waals surface area contributed by atoms with E-state index in [0.29, 0.717) is 36.3 Å². The summed E-state index contributed by atoms with van der Waals surface area (Å²) in [6, 6.07) is 12.8. The van der Waals surface area contributed by atoms with Crippen LogP contribution in [0.15, 0.2) is 42.5 Å². The number of benzene rings is 2. The van der Waals surface area contributed by atoms with Crippen LogP contribution in [0.25, 0.3) is 0 Å². The van der Waals surface area contributed by atoms with Gasteiger partial charge in [-0.2, -0.15) is 0 Å². The number of piperidine rings is 1. The van der Waals surface area contributed by atoms with Crippen molar-refractivity contribution < 1.29 is 23.9 Å². The summed E-state index contributed by atoms with van der Waals surface area (Å²) in [5, 5.41) is 2.32. The van der Waals surface area contributed by atoms with Crippen molar-refractivity contribution in [2.45, 2.75) is 39.2 Å². The maximum absolute atomic E-state index is 13.0. The smallest absolute Gasteiger partial charge is 0.253 e. The van der Waals surface area contributed by atoms with E-state index in [4.69, 9.17) is 4.74 Å². The molecule has 1 N–H and O–H groups in total. The van der Waals surface area contributed by atoms with Crippen molar-refractivity contribution in [2.75, 3.05) is 33.2 Å². The van der Waals surface area contributed by atoms with Gasteiger partial charge in [0.1, 0.15) is 12.4 Å². The van der Waals surface area contributed by atoms with Crippen molar-refractivity contribution in [1.82, 2.24) is 15.1 Å². The number of rotatable bonds is 8. The normalized spacial score (nSPS) is 18.6. The first-order valence-corrected chi connectivity index (χ1v) is 12.5. The Kier molecular flexibility index (Phi) is 8.15. The highest BCUT2D eigenvalue weighted by Crippen LogP contribution is 2.27. The third-order valence-corrected chi connectivity index (χ3v) is 6.96. The fraction of sp³-hybridized carbons (Fsp3) is 0.429. The van der Waals surface area contributed by atoms with E-state index < -0.39 is 5.92 Å². The molecule has 1 atom stereocenters. The molecule has 0 spiro atoms. The number of hydrogen-bond donors (Lipinski definition) is 1. The molecule has 0 bridgehead atoms. The van der Waals surface area contributed by atoms with Crippen LogP contribution in [0.5, 0.6) is 5.75 Å². The summed E-state index contributed by atoms with van der Waals surface area (Å²) in [5.74, 6) is -0.602. The van der Waals surface area contributed by atoms with Crippen LogP contribution < -0.4 is 10.1 Å². The third kappa shape index (κ3) is 5.99. The summed E-state index contributed by atoms with van der Waals surface area (Å²) >= 11 is 0. The minimum Gasteiger partial charge on any atom is -0.489 e. The summed E-state index contributed by atoms with van der Waals surface area (Å²) < 4.78 is 6.08. The highest BCUT2D eigenvalue weighted by Gasteiger charge is 2.29. The van der Waals surface area contributed by atoms with E-state index in [9.17, 15) is 19.2 Å². The largest absolute Gasteiger partial charge is 0.489 e. The quantitative estimate of drug-likeness (QED) is 0.451. The Labute approximate surface area is 211 Å². The molecule has 1 unspecified atom stereocenters. The summed E-state index contributed by atoms with van der Waals surface area (Å²) in [5.41, 5.74) is 2.94. The van der Waals surface area contributed by atoms with Crippen LogP contribution in [-0.2, 0) is 22.6 Å². The molecule has 2 fully saturated rings. The number of nitrogens with zero attached hydrogens (tertiary/aromatic N) is 2. The van der Waals surface area contributed by atoms with E-state index in [2.05, 4.69) is 17.3 Å². The summed E-state index contributed by atoms with van der Waals surface area (Å²) in [6.07, 6.45) is 1.32. The van der Waals surface area contributed by atoms with Crippen molar-refractivity contribution in [3.05, 3.63) is 64.7 Å². The van der Waals surface area contributed by atoms with Crippen molar-refractivity contribution >= 4 is 23.5 Å². The van der Waals surface area contributed by atoms with Gasteiger partial charge in [-0.1, -0.05) is 31.2 Å². The number of ketones is 1. The predicted molar refractivity (Wildman–Crippen MR) is 135 cm³/mol. The van der Waals surface area contributed by atoms with Crippen molar-refractivity contribution in [1.29, 1.82) is 0 Å². The first-order valence-electron chi connectivity index (χ1n) is 12.5. The lowest BCUT2D eigenvalue weighted by atomic mass is 9.89. The molecular formula is C28H33N3O5. The van der Waals surface area contributed by atoms with E-state index in [1.54, 1.807) is 12.1 Å². The van der Waals surface area contributed by atoms with Gasteiger partial charge in [0.2, 0.25) is 11.8 Å². The second-order valence-electron chi connectivity index (χ2n) is 9.49. The number of imide groups is 1. The minimum absolute atomic E-state index is 0.0473. The number of ether oxygens (including phenoxy) is 1. The monoisotopic (exact) mass is 491 g/mol. The van der Waals surface area contributed by atoms with E-state index >= 15 is 0 Å². The lowest BCUT2D eigenvalue weighted by Gasteiger charge is -2.32. The molecular weight excluding hydrogens is 458 g/mol. The van der Waals surface area contributed by atoms with Gasteiger partial charge in [0.05, 0.1) is 0 Å². The molecule has 0 aromatic heterocycles. The summed E-state index contributed by atoms with van der Waals surface area (Å²) in [4.78, 5) is 53.4. The molecule has 4 rings (SSSR count). The SMILES string of the molecule is CCc1c(OCc2ccc(C(=O)N3CCN(C)CC3)cc2)cccc1C(=O)CC1CCC(=O)NC1=O. The number of likely N-dealkylation sites (N-methyl/N-ethyl adjacent to an activating group) is 1. The fourth-order valence-corrected chi connectivity index (χ4v) is 4.69. The number of Topliss-reactive ketones (excluding diaryl/α,β-unsaturated/α-hetero) is 1. The Morgan fingerprint density at radius 2 is 1.75 bits per heavy atom. The highest BCUT2D eigenvalue weighted by molar-refractivity contribution is 6.04. The van der Waals surface area contributed by atoms with Crippen LogP contribution in [0.2, 0.25) is 0 Å². The van der Waals surface area contributed by atoms with Gasteiger partial charge in [-0.15, -0.1) is 0 Å². The molecule has 2 aliphatic rings. The zero-order chi connectivity index (χ0) is 25.7. The lowest BCUT2D eigenvalue weighted by molar-refractivity contribution is -0.136. The molecule has 8 nitrogen and oxygen atoms in total. The maximum atomic E-state index is 13.0. The lowest BCUT2D eigenvalue weighted by Crippen LogP contribution is -2.47. The Morgan fingerprint density at radius 3 is 2.42 bits per heavy atom. The zero-order valence-corrected chi connectivity index (χ0v) is 20.9. The molecule has 2 aliphatic heterocycles. The van der Waals surface area contributed by atoms with Gasteiger partial charge in [-0.05, 0) is 43.7 Å². The van der Waals surface area contributed by atoms with Gasteiger partial charge in [0.15, 0.2) is 5.78 Å². The van der Waals surface area contributed by atoms with Gasteiger partial charge in [-0.25, -0.2) is 0 Å². The average Bonchev–Trinajstić information content (AvgIpc) is 2.89. The number of carbonyl (C=O) groups is 4. The van der Waals surface area contributed by atoms with E-state index in [-0.39, 0.29) is 36.3 Å². The van der Waals surface area contributed by atoms with Crippen molar-refractivity contribution in [3.8, 4) is 5.75 Å². The van der Waals surface area contributed by atoms with Gasteiger partial charge >= 0.3 is 0 Å². The van der Waals surface area contributed by atoms with Crippen molar-refractivity contribution in [2.24, 2.45) is 5.92 Å². The first kappa shape index (κ1) is 25.6. The van der Waals surface area contributed by atoms with Gasteiger partial charge in [0.25, 0.3) is 5.91 Å². The topological polar surface area (TPSA) is 96.0 Å². The highest BCUT2D eigenvalue weighted by atomic mass is 16.5. The average molecular weight is 492 g/mol. The molecule has 2 aromatic carbocycles. The van der Waals surface area contributed by atoms with Crippen LogP contribution in [0.3, 0.4) is 0 Å². The predicted octanol–water partition coefficient (Wildman–Crippen LogP) is 2.84. The Balaban J connectivity index is 1.39. The molecule has 8 heteroatoms. The summed E-state index contributed by atoms with van der Waals surface area (Å²) in [6.45, 7) is 5.50. The molecule has 0 aliphatic carbocycles. The van der Waals surface area contributed by atoms with Crippen LogP contribution >= 0.6 is 0 Å². The van der Waals surface area contributed by atoms with E-state index in [1.165, 1.54) is 0 Å². The van der Waals surface area contributed by atoms with Crippen LogP contribution in [0.4, 0.5) is 0 Å². The molecule has 2 heterocycles. The third-order valence-electron chi connectivity index (χ3n) is 6.96. The fourth-order valence-electron chi connectivity index (χ4n) is 4.69. The van der Waals surface area contributed by atoms with Crippen molar-refractivity contribution in [3.63, 3.8) is 0 Å². The molecule has 0 radical (unpaired) electrons. The number of nitrogens with one attached hydrogen (secondary N) is 1. The molecule has 0 saturated carbocycles. The van der Waals surface area contributed by atoms with E-state index in [1.807, 2.05) is 42.2 Å². The standard InChI is InChI=1S/C28H33N3O5/c1-3-22-23(24(32)17-21-11-12-26(33)29-27(21)34)5-4-6-25(22)36-18-19-7-9-20(10-8-19)28(35)31-15-13-30(2)14-16-31/h4-10,21H,3,11-18H2,1-2H3,(H,29,33,34). The van der Waals surface area contributed by atoms with Crippen LogP contribution in [0, 0.1) is 5.92 Å². The Morgan fingerprint density at radius 1 is 1.03 bits per heavy atom. The Bertz CT molecular complexity index is 1140. The molecule has 190 valence electrons.